The van der Waals surface area contributed by atoms with Gasteiger partial charge >= 0.3 is 5.97 Å². The summed E-state index contributed by atoms with van der Waals surface area (Å²) in [6.45, 7) is 3.57. The van der Waals surface area contributed by atoms with Gasteiger partial charge in [-0.05, 0) is 49.8 Å². The summed E-state index contributed by atoms with van der Waals surface area (Å²) in [5, 5.41) is 0.569. The van der Waals surface area contributed by atoms with Gasteiger partial charge in [0.05, 0.1) is 17.1 Å². The molecule has 0 fully saturated rings. The molecule has 1 N–H and O–H groups in total. The van der Waals surface area contributed by atoms with Crippen LogP contribution in [0.2, 0.25) is 5.02 Å². The summed E-state index contributed by atoms with van der Waals surface area (Å²) in [4.78, 5) is 12.3. The third kappa shape index (κ3) is 5.69. The number of halogens is 1. The van der Waals surface area contributed by atoms with E-state index in [9.17, 15) is 13.2 Å². The van der Waals surface area contributed by atoms with Crippen LogP contribution in [0.4, 0.5) is 0 Å². The van der Waals surface area contributed by atoms with E-state index in [2.05, 4.69) is 4.72 Å². The molecule has 0 aliphatic rings. The monoisotopic (exact) mass is 393 g/mol. The first-order valence-electron chi connectivity index (χ1n) is 8.01. The van der Waals surface area contributed by atoms with E-state index in [-0.39, 0.29) is 23.6 Å². The van der Waals surface area contributed by atoms with Gasteiger partial charge in [-0.25, -0.2) is 17.9 Å². The fourth-order valence-corrected chi connectivity index (χ4v) is 3.27. The predicted molar refractivity (Wildman–Crippen MR) is 102 cm³/mol. The SMILES string of the molecule is CCOC(=O)/C(=C\c1ccc(Cl)cc1)CNS(=O)(=O)c1ccc(C)cc1. The summed E-state index contributed by atoms with van der Waals surface area (Å²) < 4.78 is 32.3. The average molecular weight is 394 g/mol. The van der Waals surface area contributed by atoms with Crippen LogP contribution < -0.4 is 4.72 Å². The van der Waals surface area contributed by atoms with Crippen LogP contribution in [0.15, 0.2) is 59.0 Å². The van der Waals surface area contributed by atoms with E-state index in [0.29, 0.717) is 10.6 Å². The number of aryl methyl sites for hydroxylation is 1. The molecule has 2 aromatic rings. The molecule has 5 nitrogen and oxygen atoms in total. The van der Waals surface area contributed by atoms with Gasteiger partial charge < -0.3 is 4.74 Å². The van der Waals surface area contributed by atoms with Crippen molar-refractivity contribution in [3.05, 3.63) is 70.3 Å². The second-order valence-electron chi connectivity index (χ2n) is 5.58. The van der Waals surface area contributed by atoms with Gasteiger partial charge in [0.2, 0.25) is 10.0 Å². The number of nitrogens with one attached hydrogen (secondary N) is 1. The molecule has 0 atom stereocenters. The van der Waals surface area contributed by atoms with Crippen LogP contribution >= 0.6 is 11.6 Å². The summed E-state index contributed by atoms with van der Waals surface area (Å²) in [7, 11) is -3.74. The molecular weight excluding hydrogens is 374 g/mol. The lowest BCUT2D eigenvalue weighted by molar-refractivity contribution is -0.138. The smallest absolute Gasteiger partial charge is 0.335 e. The minimum atomic E-state index is -3.74. The second-order valence-corrected chi connectivity index (χ2v) is 7.78. The van der Waals surface area contributed by atoms with Gasteiger partial charge in [0.1, 0.15) is 0 Å². The number of hydrogen-bond acceptors (Lipinski definition) is 4. The molecule has 7 heteroatoms. The Morgan fingerprint density at radius 1 is 1.12 bits per heavy atom. The molecule has 0 aliphatic heterocycles. The fourth-order valence-electron chi connectivity index (χ4n) is 2.14. The molecule has 26 heavy (non-hydrogen) atoms. The van der Waals surface area contributed by atoms with Crippen molar-refractivity contribution < 1.29 is 17.9 Å². The second kappa shape index (κ2) is 8.98. The average Bonchev–Trinajstić information content (AvgIpc) is 2.61. The van der Waals surface area contributed by atoms with Crippen LogP contribution in [-0.4, -0.2) is 27.5 Å². The van der Waals surface area contributed by atoms with Crippen LogP contribution in [0.25, 0.3) is 6.08 Å². The van der Waals surface area contributed by atoms with Crippen LogP contribution in [-0.2, 0) is 19.6 Å². The Kier molecular flexibility index (Phi) is 6.97. The van der Waals surface area contributed by atoms with Crippen LogP contribution in [0.1, 0.15) is 18.1 Å². The van der Waals surface area contributed by atoms with Crippen molar-refractivity contribution in [2.45, 2.75) is 18.7 Å². The molecule has 0 amide bonds. The van der Waals surface area contributed by atoms with Gasteiger partial charge in [0.25, 0.3) is 0 Å². The normalized spacial score (nSPS) is 12.0. The van der Waals surface area contributed by atoms with Crippen molar-refractivity contribution in [1.82, 2.24) is 4.72 Å². The van der Waals surface area contributed by atoms with Gasteiger partial charge in [-0.2, -0.15) is 0 Å². The van der Waals surface area contributed by atoms with Gasteiger partial charge in [-0.3, -0.25) is 0 Å². The van der Waals surface area contributed by atoms with Crippen molar-refractivity contribution in [3.8, 4) is 0 Å². The molecule has 0 aromatic heterocycles. The Balaban J connectivity index is 2.22. The highest BCUT2D eigenvalue weighted by Gasteiger charge is 2.17. The predicted octanol–water partition coefficient (Wildman–Crippen LogP) is 3.57. The Labute approximate surface area is 158 Å². The molecule has 0 saturated heterocycles. The zero-order valence-electron chi connectivity index (χ0n) is 14.5. The first-order chi connectivity index (χ1) is 12.3. The third-order valence-corrected chi connectivity index (χ3v) is 5.20. The van der Waals surface area contributed by atoms with Gasteiger partial charge in [0, 0.05) is 11.6 Å². The zero-order chi connectivity index (χ0) is 19.2. The number of hydrogen-bond donors (Lipinski definition) is 1. The van der Waals surface area contributed by atoms with E-state index < -0.39 is 16.0 Å². The minimum Gasteiger partial charge on any atom is -0.463 e. The lowest BCUT2D eigenvalue weighted by Gasteiger charge is -2.10. The van der Waals surface area contributed by atoms with Crippen molar-refractivity contribution >= 4 is 33.7 Å². The highest BCUT2D eigenvalue weighted by Crippen LogP contribution is 2.14. The third-order valence-electron chi connectivity index (χ3n) is 3.53. The molecular formula is C19H20ClNO4S. The molecule has 0 bridgehead atoms. The van der Waals surface area contributed by atoms with E-state index in [0.717, 1.165) is 5.56 Å². The van der Waals surface area contributed by atoms with Gasteiger partial charge in [-0.1, -0.05) is 41.4 Å². The van der Waals surface area contributed by atoms with Crippen LogP contribution in [0.5, 0.6) is 0 Å². The van der Waals surface area contributed by atoms with E-state index in [1.165, 1.54) is 12.1 Å². The number of carbonyl (C=O) groups is 1. The Hall–Kier alpha value is -2.15. The molecule has 2 aromatic carbocycles. The molecule has 0 aliphatic carbocycles. The summed E-state index contributed by atoms with van der Waals surface area (Å²) in [5.74, 6) is -0.575. The quantitative estimate of drug-likeness (QED) is 0.576. The van der Waals surface area contributed by atoms with Crippen molar-refractivity contribution in [1.29, 1.82) is 0 Å². The molecule has 0 radical (unpaired) electrons. The highest BCUT2D eigenvalue weighted by molar-refractivity contribution is 7.89. The van der Waals surface area contributed by atoms with Crippen molar-refractivity contribution in [3.63, 3.8) is 0 Å². The maximum atomic E-state index is 12.4. The molecule has 0 unspecified atom stereocenters. The lowest BCUT2D eigenvalue weighted by atomic mass is 10.1. The Bertz CT molecular complexity index is 888. The van der Waals surface area contributed by atoms with Crippen molar-refractivity contribution in [2.75, 3.05) is 13.2 Å². The summed E-state index contributed by atoms with van der Waals surface area (Å²) in [6.07, 6.45) is 1.58. The van der Waals surface area contributed by atoms with Gasteiger partial charge in [0.15, 0.2) is 0 Å². The minimum absolute atomic E-state index is 0.137. The van der Waals surface area contributed by atoms with Crippen LogP contribution in [0.3, 0.4) is 0 Å². The largest absolute Gasteiger partial charge is 0.463 e. The zero-order valence-corrected chi connectivity index (χ0v) is 16.1. The maximum absolute atomic E-state index is 12.4. The number of ether oxygens (including phenoxy) is 1. The number of carbonyl (C=O) groups excluding carboxylic acids is 1. The maximum Gasteiger partial charge on any atom is 0.335 e. The number of rotatable bonds is 7. The van der Waals surface area contributed by atoms with Crippen LogP contribution in [0, 0.1) is 6.92 Å². The molecule has 138 valence electrons. The number of benzene rings is 2. The van der Waals surface area contributed by atoms with E-state index in [4.69, 9.17) is 16.3 Å². The molecule has 0 spiro atoms. The van der Waals surface area contributed by atoms with E-state index in [1.54, 1.807) is 49.4 Å². The van der Waals surface area contributed by atoms with Crippen molar-refractivity contribution in [2.24, 2.45) is 0 Å². The molecule has 2 rings (SSSR count). The topological polar surface area (TPSA) is 72.5 Å². The summed E-state index contributed by atoms with van der Waals surface area (Å²) >= 11 is 5.86. The number of esters is 1. The first-order valence-corrected chi connectivity index (χ1v) is 9.87. The Morgan fingerprint density at radius 3 is 2.31 bits per heavy atom. The van der Waals surface area contributed by atoms with E-state index >= 15 is 0 Å². The first kappa shape index (κ1) is 20.2. The summed E-state index contributed by atoms with van der Waals surface area (Å²) in [5.41, 5.74) is 1.87. The number of sulfonamides is 1. The molecule has 0 heterocycles. The highest BCUT2D eigenvalue weighted by atomic mass is 35.5. The Morgan fingerprint density at radius 2 is 1.73 bits per heavy atom. The summed E-state index contributed by atoms with van der Waals surface area (Å²) in [6, 6.07) is 13.3. The van der Waals surface area contributed by atoms with Gasteiger partial charge in [-0.15, -0.1) is 0 Å². The standard InChI is InChI=1S/C19H20ClNO4S/c1-3-25-19(22)16(12-15-6-8-17(20)9-7-15)13-21-26(23,24)18-10-4-14(2)5-11-18/h4-12,21H,3,13H2,1-2H3/b16-12-. The fraction of sp³-hybridized carbons (Fsp3) is 0.211. The van der Waals surface area contributed by atoms with E-state index in [1.807, 2.05) is 6.92 Å². The lowest BCUT2D eigenvalue weighted by Crippen LogP contribution is -2.28. The molecule has 0 saturated carbocycles.